The number of aromatic nitrogens is 1. The van der Waals surface area contributed by atoms with Crippen LogP contribution >= 0.6 is 10.7 Å². The Bertz CT molecular complexity index is 515. The summed E-state index contributed by atoms with van der Waals surface area (Å²) in [5, 5.41) is 0. The summed E-state index contributed by atoms with van der Waals surface area (Å²) in [4.78, 5) is 4.00. The summed E-state index contributed by atoms with van der Waals surface area (Å²) in [5.74, 6) is 1.19. The minimum absolute atomic E-state index is 0.00315. The van der Waals surface area contributed by atoms with E-state index in [1.54, 1.807) is 6.07 Å². The van der Waals surface area contributed by atoms with Crippen LogP contribution in [-0.4, -0.2) is 19.5 Å². The maximum atomic E-state index is 11.1. The van der Waals surface area contributed by atoms with Gasteiger partial charge in [-0.25, -0.2) is 13.4 Å². The van der Waals surface area contributed by atoms with Crippen molar-refractivity contribution in [1.29, 1.82) is 0 Å². The molecule has 1 aromatic rings. The number of hydrogen-bond acceptors (Lipinski definition) is 4. The number of pyridine rings is 1. The van der Waals surface area contributed by atoms with Gasteiger partial charge in [-0.3, -0.25) is 0 Å². The molecule has 2 rings (SSSR count). The molecule has 1 aliphatic carbocycles. The van der Waals surface area contributed by atoms with E-state index in [0.29, 0.717) is 5.88 Å². The van der Waals surface area contributed by atoms with Gasteiger partial charge in [0.1, 0.15) is 11.0 Å². The van der Waals surface area contributed by atoms with Gasteiger partial charge in [0.25, 0.3) is 9.05 Å². The van der Waals surface area contributed by atoms with Gasteiger partial charge in [-0.05, 0) is 31.2 Å². The van der Waals surface area contributed by atoms with E-state index in [0.717, 1.165) is 18.8 Å². The Morgan fingerprint density at radius 2 is 2.21 bits per heavy atom. The maximum absolute atomic E-state index is 11.1. The summed E-state index contributed by atoms with van der Waals surface area (Å²) in [6, 6.07) is 2.98. The molecule has 4 nitrogen and oxygen atoms in total. The van der Waals surface area contributed by atoms with Gasteiger partial charge < -0.3 is 4.74 Å². The van der Waals surface area contributed by atoms with Gasteiger partial charge >= 0.3 is 0 Å². The largest absolute Gasteiger partial charge is 0.474 e. The molecule has 0 N–H and O–H groups in total. The Labute approximate surface area is 118 Å². The zero-order valence-corrected chi connectivity index (χ0v) is 12.5. The van der Waals surface area contributed by atoms with Crippen molar-refractivity contribution in [2.75, 3.05) is 0 Å². The Morgan fingerprint density at radius 3 is 2.79 bits per heavy atom. The van der Waals surface area contributed by atoms with E-state index in [2.05, 4.69) is 11.9 Å². The van der Waals surface area contributed by atoms with Crippen molar-refractivity contribution in [3.8, 4) is 5.88 Å². The summed E-state index contributed by atoms with van der Waals surface area (Å²) in [6.45, 7) is 2.20. The van der Waals surface area contributed by atoms with Gasteiger partial charge in [-0.15, -0.1) is 0 Å². The van der Waals surface area contributed by atoms with E-state index in [-0.39, 0.29) is 11.0 Å². The van der Waals surface area contributed by atoms with Gasteiger partial charge in [0.2, 0.25) is 5.88 Å². The fourth-order valence-electron chi connectivity index (χ4n) is 2.47. The first-order valence-electron chi connectivity index (χ1n) is 6.56. The first-order chi connectivity index (χ1) is 8.99. The molecule has 0 radical (unpaired) electrons. The molecule has 19 heavy (non-hydrogen) atoms. The molecule has 0 saturated heterocycles. The van der Waals surface area contributed by atoms with Crippen LogP contribution in [0.25, 0.3) is 0 Å². The zero-order chi connectivity index (χ0) is 13.9. The zero-order valence-electron chi connectivity index (χ0n) is 10.9. The van der Waals surface area contributed by atoms with Crippen LogP contribution < -0.4 is 4.74 Å². The van der Waals surface area contributed by atoms with Crippen LogP contribution in [0.15, 0.2) is 23.2 Å². The SMILES string of the molecule is CCC1CCCC(Oc2ccc(S(=O)(=O)Cl)cn2)C1. The van der Waals surface area contributed by atoms with Crippen molar-refractivity contribution in [3.05, 3.63) is 18.3 Å². The lowest BCUT2D eigenvalue weighted by molar-refractivity contribution is 0.117. The molecule has 1 saturated carbocycles. The molecule has 1 aromatic heterocycles. The van der Waals surface area contributed by atoms with Gasteiger partial charge in [-0.1, -0.05) is 19.8 Å². The molecular formula is C13H18ClNO3S. The second-order valence-corrected chi connectivity index (χ2v) is 7.52. The van der Waals surface area contributed by atoms with Crippen LogP contribution in [0.4, 0.5) is 0 Å². The highest BCUT2D eigenvalue weighted by atomic mass is 35.7. The average molecular weight is 304 g/mol. The second kappa shape index (κ2) is 6.09. The molecule has 0 aliphatic heterocycles. The summed E-state index contributed by atoms with van der Waals surface area (Å²) in [7, 11) is 1.52. The predicted molar refractivity (Wildman–Crippen MR) is 73.9 cm³/mol. The van der Waals surface area contributed by atoms with E-state index < -0.39 is 9.05 Å². The van der Waals surface area contributed by atoms with Crippen molar-refractivity contribution >= 4 is 19.7 Å². The molecule has 2 atom stereocenters. The predicted octanol–water partition coefficient (Wildman–Crippen LogP) is 3.36. The highest BCUT2D eigenvalue weighted by Gasteiger charge is 2.22. The second-order valence-electron chi connectivity index (χ2n) is 4.95. The van der Waals surface area contributed by atoms with Crippen molar-refractivity contribution in [1.82, 2.24) is 4.98 Å². The maximum Gasteiger partial charge on any atom is 0.262 e. The molecule has 1 aliphatic rings. The number of hydrogen-bond donors (Lipinski definition) is 0. The summed E-state index contributed by atoms with van der Waals surface area (Å²) >= 11 is 0. The van der Waals surface area contributed by atoms with Crippen molar-refractivity contribution < 1.29 is 13.2 Å². The van der Waals surface area contributed by atoms with Gasteiger partial charge in [-0.2, -0.15) is 0 Å². The van der Waals surface area contributed by atoms with E-state index in [4.69, 9.17) is 15.4 Å². The number of halogens is 1. The standard InChI is InChI=1S/C13H18ClNO3S/c1-2-10-4-3-5-11(8-10)18-13-7-6-12(9-15-13)19(14,16)17/h6-7,9-11H,2-5,8H2,1H3. The number of ether oxygens (including phenoxy) is 1. The van der Waals surface area contributed by atoms with Crippen LogP contribution in [0.2, 0.25) is 0 Å². The molecule has 106 valence electrons. The molecule has 6 heteroatoms. The van der Waals surface area contributed by atoms with Gasteiger partial charge in [0.05, 0.1) is 6.20 Å². The first kappa shape index (κ1) is 14.6. The Hall–Kier alpha value is -0.810. The normalized spacial score (nSPS) is 24.1. The fraction of sp³-hybridized carbons (Fsp3) is 0.615. The lowest BCUT2D eigenvalue weighted by Crippen LogP contribution is -2.25. The Morgan fingerprint density at radius 1 is 1.42 bits per heavy atom. The van der Waals surface area contributed by atoms with Crippen LogP contribution in [0.5, 0.6) is 5.88 Å². The number of rotatable bonds is 4. The summed E-state index contributed by atoms with van der Waals surface area (Å²) in [6.07, 6.45) is 7.13. The topological polar surface area (TPSA) is 56.3 Å². The third-order valence-electron chi connectivity index (χ3n) is 3.59. The molecule has 0 spiro atoms. The minimum Gasteiger partial charge on any atom is -0.474 e. The minimum atomic E-state index is -3.71. The van der Waals surface area contributed by atoms with Crippen molar-refractivity contribution in [3.63, 3.8) is 0 Å². The van der Waals surface area contributed by atoms with Gasteiger partial charge in [0.15, 0.2) is 0 Å². The van der Waals surface area contributed by atoms with Crippen molar-refractivity contribution in [2.24, 2.45) is 5.92 Å². The van der Waals surface area contributed by atoms with Crippen LogP contribution in [0.3, 0.4) is 0 Å². The molecule has 2 unspecified atom stereocenters. The third-order valence-corrected chi connectivity index (χ3v) is 4.93. The molecule has 0 bridgehead atoms. The molecule has 0 amide bonds. The van der Waals surface area contributed by atoms with Crippen molar-refractivity contribution in [2.45, 2.75) is 50.0 Å². The first-order valence-corrected chi connectivity index (χ1v) is 8.87. The summed E-state index contributed by atoms with van der Waals surface area (Å²) < 4.78 is 28.0. The lowest BCUT2D eigenvalue weighted by atomic mass is 9.85. The third kappa shape index (κ3) is 4.08. The highest BCUT2D eigenvalue weighted by Crippen LogP contribution is 2.29. The van der Waals surface area contributed by atoms with Gasteiger partial charge in [0, 0.05) is 16.7 Å². The Kier molecular flexibility index (Phi) is 4.68. The average Bonchev–Trinajstić information content (AvgIpc) is 2.38. The quantitative estimate of drug-likeness (QED) is 0.800. The molecule has 1 fully saturated rings. The molecule has 0 aromatic carbocycles. The fourth-order valence-corrected chi connectivity index (χ4v) is 3.15. The number of nitrogens with zero attached hydrogens (tertiary/aromatic N) is 1. The molecule has 1 heterocycles. The smallest absolute Gasteiger partial charge is 0.262 e. The van der Waals surface area contributed by atoms with E-state index in [1.165, 1.54) is 31.5 Å². The monoisotopic (exact) mass is 303 g/mol. The Balaban J connectivity index is 2.00. The molecular weight excluding hydrogens is 286 g/mol. The highest BCUT2D eigenvalue weighted by molar-refractivity contribution is 8.13. The van der Waals surface area contributed by atoms with Crippen LogP contribution in [0.1, 0.15) is 39.0 Å². The van der Waals surface area contributed by atoms with E-state index in [9.17, 15) is 8.42 Å². The summed E-state index contributed by atoms with van der Waals surface area (Å²) in [5.41, 5.74) is 0. The van der Waals surface area contributed by atoms with Crippen LogP contribution in [0, 0.1) is 5.92 Å². The van der Waals surface area contributed by atoms with E-state index >= 15 is 0 Å². The van der Waals surface area contributed by atoms with Crippen LogP contribution in [-0.2, 0) is 9.05 Å². The van der Waals surface area contributed by atoms with E-state index in [1.807, 2.05) is 0 Å². The lowest BCUT2D eigenvalue weighted by Gasteiger charge is -2.28.